The number of benzene rings is 1. The van der Waals surface area contributed by atoms with Crippen LogP contribution in [0.3, 0.4) is 0 Å². The standard InChI is InChI=1S/C19H14N6O4S/c1-27-12-6-4-11(5-7-12)17-20-16(29-24-17)10-30-19-22-21-18(26)14-9-13(23-25(14)19)15-3-2-8-28-15/h2-9H,10H2,1H3,(H,21,26). The monoisotopic (exact) mass is 422 g/mol. The van der Waals surface area contributed by atoms with E-state index in [1.807, 2.05) is 24.3 Å². The number of rotatable bonds is 6. The van der Waals surface area contributed by atoms with Crippen LogP contribution in [0.2, 0.25) is 0 Å². The van der Waals surface area contributed by atoms with Gasteiger partial charge in [-0.2, -0.15) is 10.1 Å². The van der Waals surface area contributed by atoms with Gasteiger partial charge in [-0.15, -0.1) is 5.10 Å². The molecule has 0 bridgehead atoms. The molecule has 4 aromatic heterocycles. The number of methoxy groups -OCH3 is 1. The molecule has 5 aromatic rings. The SMILES string of the molecule is COc1ccc(-c2noc(CSc3n[nH]c(=O)c4cc(-c5ccco5)nn34)n2)cc1. The van der Waals surface area contributed by atoms with Crippen molar-refractivity contribution in [2.45, 2.75) is 10.9 Å². The van der Waals surface area contributed by atoms with Crippen LogP contribution in [-0.4, -0.2) is 37.1 Å². The summed E-state index contributed by atoms with van der Waals surface area (Å²) in [6.07, 6.45) is 1.55. The summed E-state index contributed by atoms with van der Waals surface area (Å²) in [6, 6.07) is 12.5. The van der Waals surface area contributed by atoms with Crippen molar-refractivity contribution in [1.29, 1.82) is 0 Å². The molecule has 1 aromatic carbocycles. The highest BCUT2D eigenvalue weighted by atomic mass is 32.2. The smallest absolute Gasteiger partial charge is 0.290 e. The number of furan rings is 1. The van der Waals surface area contributed by atoms with Gasteiger partial charge in [0, 0.05) is 11.6 Å². The van der Waals surface area contributed by atoms with E-state index in [-0.39, 0.29) is 5.56 Å². The first-order valence-corrected chi connectivity index (χ1v) is 9.82. The fourth-order valence-corrected chi connectivity index (χ4v) is 3.57. The van der Waals surface area contributed by atoms with Crippen LogP contribution >= 0.6 is 11.8 Å². The van der Waals surface area contributed by atoms with E-state index in [0.29, 0.717) is 39.6 Å². The average molecular weight is 422 g/mol. The Labute approximate surface area is 172 Å². The first-order valence-electron chi connectivity index (χ1n) is 8.83. The lowest BCUT2D eigenvalue weighted by Crippen LogP contribution is -2.13. The van der Waals surface area contributed by atoms with Gasteiger partial charge in [-0.1, -0.05) is 16.9 Å². The maximum atomic E-state index is 12.1. The Hall–Kier alpha value is -3.86. The van der Waals surface area contributed by atoms with Gasteiger partial charge in [0.2, 0.25) is 16.9 Å². The first kappa shape index (κ1) is 18.2. The zero-order chi connectivity index (χ0) is 20.5. The van der Waals surface area contributed by atoms with Crippen LogP contribution in [0, 0.1) is 0 Å². The largest absolute Gasteiger partial charge is 0.497 e. The van der Waals surface area contributed by atoms with Crippen molar-refractivity contribution in [3.8, 4) is 28.6 Å². The third-order valence-electron chi connectivity index (χ3n) is 4.29. The van der Waals surface area contributed by atoms with Gasteiger partial charge in [-0.25, -0.2) is 9.61 Å². The molecule has 0 saturated heterocycles. The van der Waals surface area contributed by atoms with Crippen molar-refractivity contribution < 1.29 is 13.7 Å². The van der Waals surface area contributed by atoms with Crippen molar-refractivity contribution in [1.82, 2.24) is 30.0 Å². The van der Waals surface area contributed by atoms with Gasteiger partial charge < -0.3 is 13.7 Å². The minimum absolute atomic E-state index is 0.343. The van der Waals surface area contributed by atoms with Gasteiger partial charge in [0.25, 0.3) is 5.56 Å². The maximum Gasteiger partial charge on any atom is 0.290 e. The van der Waals surface area contributed by atoms with Crippen molar-refractivity contribution in [2.75, 3.05) is 7.11 Å². The Bertz CT molecular complexity index is 1350. The topological polar surface area (TPSA) is 124 Å². The normalized spacial score (nSPS) is 11.2. The number of thioether (sulfide) groups is 1. The third kappa shape index (κ3) is 3.35. The predicted octanol–water partition coefficient (Wildman–Crippen LogP) is 3.03. The summed E-state index contributed by atoms with van der Waals surface area (Å²) >= 11 is 1.31. The lowest BCUT2D eigenvalue weighted by Gasteiger charge is -2.00. The summed E-state index contributed by atoms with van der Waals surface area (Å²) in [5.41, 5.74) is 1.38. The highest BCUT2D eigenvalue weighted by Crippen LogP contribution is 2.25. The third-order valence-corrected chi connectivity index (χ3v) is 5.20. The van der Waals surface area contributed by atoms with Gasteiger partial charge in [-0.3, -0.25) is 4.79 Å². The number of hydrogen-bond donors (Lipinski definition) is 1. The lowest BCUT2D eigenvalue weighted by molar-refractivity contribution is 0.391. The Kier molecular flexibility index (Phi) is 4.56. The minimum atomic E-state index is -0.343. The number of hydrogen-bond acceptors (Lipinski definition) is 9. The molecule has 0 aliphatic heterocycles. The summed E-state index contributed by atoms with van der Waals surface area (Å²) in [6.45, 7) is 0. The van der Waals surface area contributed by atoms with E-state index in [4.69, 9.17) is 13.7 Å². The van der Waals surface area contributed by atoms with Crippen LogP contribution in [0.15, 0.2) is 67.6 Å². The zero-order valence-corrected chi connectivity index (χ0v) is 16.4. The molecule has 0 fully saturated rings. The Morgan fingerprint density at radius 3 is 2.87 bits per heavy atom. The molecular weight excluding hydrogens is 408 g/mol. The van der Waals surface area contributed by atoms with E-state index < -0.39 is 0 Å². The zero-order valence-electron chi connectivity index (χ0n) is 15.6. The van der Waals surface area contributed by atoms with E-state index in [2.05, 4.69) is 25.4 Å². The molecule has 1 N–H and O–H groups in total. The fourth-order valence-electron chi connectivity index (χ4n) is 2.83. The summed E-state index contributed by atoms with van der Waals surface area (Å²) < 4.78 is 17.3. The van der Waals surface area contributed by atoms with Crippen LogP contribution in [0.4, 0.5) is 0 Å². The lowest BCUT2D eigenvalue weighted by atomic mass is 10.2. The number of ether oxygens (including phenoxy) is 1. The van der Waals surface area contributed by atoms with Crippen LogP contribution in [0.1, 0.15) is 5.89 Å². The maximum absolute atomic E-state index is 12.1. The molecule has 150 valence electrons. The van der Waals surface area contributed by atoms with E-state index >= 15 is 0 Å². The fraction of sp³-hybridized carbons (Fsp3) is 0.105. The molecule has 10 nitrogen and oxygen atoms in total. The van der Waals surface area contributed by atoms with Crippen LogP contribution in [-0.2, 0) is 5.75 Å². The highest BCUT2D eigenvalue weighted by molar-refractivity contribution is 7.98. The van der Waals surface area contributed by atoms with Gasteiger partial charge in [0.1, 0.15) is 17.0 Å². The van der Waals surface area contributed by atoms with Gasteiger partial charge >= 0.3 is 0 Å². The number of nitrogens with zero attached hydrogens (tertiary/aromatic N) is 5. The van der Waals surface area contributed by atoms with E-state index in [0.717, 1.165) is 11.3 Å². The highest BCUT2D eigenvalue weighted by Gasteiger charge is 2.15. The summed E-state index contributed by atoms with van der Waals surface area (Å²) in [7, 11) is 1.61. The molecule has 0 unspecified atom stereocenters. The molecule has 0 atom stereocenters. The average Bonchev–Trinajstić information content (AvgIpc) is 3.54. The van der Waals surface area contributed by atoms with Crippen LogP contribution in [0.5, 0.6) is 5.75 Å². The van der Waals surface area contributed by atoms with Gasteiger partial charge in [-0.05, 0) is 36.4 Å². The molecule has 0 spiro atoms. The molecule has 0 aliphatic carbocycles. The van der Waals surface area contributed by atoms with Crippen LogP contribution < -0.4 is 10.3 Å². The quantitative estimate of drug-likeness (QED) is 0.411. The van der Waals surface area contributed by atoms with Crippen molar-refractivity contribution >= 4 is 17.3 Å². The minimum Gasteiger partial charge on any atom is -0.497 e. The number of fused-ring (bicyclic) bond motifs is 1. The van der Waals surface area contributed by atoms with Crippen molar-refractivity contribution in [3.05, 3.63) is 65.0 Å². The Balaban J connectivity index is 1.38. The molecule has 0 aliphatic rings. The predicted molar refractivity (Wildman–Crippen MR) is 107 cm³/mol. The molecule has 4 heterocycles. The molecule has 5 rings (SSSR count). The van der Waals surface area contributed by atoms with Crippen molar-refractivity contribution in [3.63, 3.8) is 0 Å². The second-order valence-electron chi connectivity index (χ2n) is 6.17. The summed E-state index contributed by atoms with van der Waals surface area (Å²) in [5.74, 6) is 2.57. The molecule has 0 saturated carbocycles. The molecule has 0 radical (unpaired) electrons. The summed E-state index contributed by atoms with van der Waals surface area (Å²) in [5, 5.41) is 15.5. The number of nitrogens with one attached hydrogen (secondary N) is 1. The second kappa shape index (κ2) is 7.52. The number of aromatic nitrogens is 6. The van der Waals surface area contributed by atoms with Gasteiger partial charge in [0.05, 0.1) is 19.1 Å². The number of aromatic amines is 1. The van der Waals surface area contributed by atoms with E-state index in [9.17, 15) is 4.79 Å². The van der Waals surface area contributed by atoms with E-state index in [1.165, 1.54) is 16.3 Å². The van der Waals surface area contributed by atoms with Gasteiger partial charge in [0.15, 0.2) is 5.76 Å². The van der Waals surface area contributed by atoms with Crippen LogP contribution in [0.25, 0.3) is 28.4 Å². The van der Waals surface area contributed by atoms with Crippen molar-refractivity contribution in [2.24, 2.45) is 0 Å². The molecular formula is C19H14N6O4S. The number of H-pyrrole nitrogens is 1. The Morgan fingerprint density at radius 2 is 2.10 bits per heavy atom. The molecule has 30 heavy (non-hydrogen) atoms. The summed E-state index contributed by atoms with van der Waals surface area (Å²) in [4.78, 5) is 16.5. The molecule has 11 heteroatoms. The molecule has 0 amide bonds. The Morgan fingerprint density at radius 1 is 1.23 bits per heavy atom. The second-order valence-corrected chi connectivity index (χ2v) is 7.11. The van der Waals surface area contributed by atoms with E-state index in [1.54, 1.807) is 31.6 Å². The first-order chi connectivity index (χ1) is 14.7.